The normalized spacial score (nSPS) is 34.7. The van der Waals surface area contributed by atoms with Crippen molar-refractivity contribution in [3.8, 4) is 0 Å². The molecule has 8 aliphatic rings. The number of nitrogens with one attached hydrogen (secondary N) is 1. The molecule has 0 amide bonds. The van der Waals surface area contributed by atoms with Crippen molar-refractivity contribution in [1.29, 1.82) is 0 Å². The predicted molar refractivity (Wildman–Crippen MR) is 203 cm³/mol. The number of hydrogen-bond donors (Lipinski definition) is 1. The molecule has 242 valence electrons. The van der Waals surface area contributed by atoms with Gasteiger partial charge in [-0.25, -0.2) is 0 Å². The molecule has 0 spiro atoms. The summed E-state index contributed by atoms with van der Waals surface area (Å²) in [6.07, 6.45) is 42.4. The summed E-state index contributed by atoms with van der Waals surface area (Å²) < 4.78 is 2.58. The fourth-order valence-electron chi connectivity index (χ4n) is 11.1. The van der Waals surface area contributed by atoms with Gasteiger partial charge in [-0.1, -0.05) is 128 Å². The summed E-state index contributed by atoms with van der Waals surface area (Å²) in [5.41, 5.74) is 11.4. The molecule has 3 nitrogen and oxygen atoms in total. The molecule has 6 aliphatic carbocycles. The number of nitrogens with zero attached hydrogens (tertiary/aromatic N) is 2. The quantitative estimate of drug-likeness (QED) is 0.289. The first-order chi connectivity index (χ1) is 24.3. The van der Waals surface area contributed by atoms with E-state index in [0.717, 1.165) is 25.9 Å². The summed E-state index contributed by atoms with van der Waals surface area (Å²) in [5, 5.41) is 4.93. The number of rotatable bonds is 3. The standard InChI is InChI=1S/C46H43N3/c1-2-11-35-33(9-1)34-10-3-4-12-36(34)42-27-31(19-22-37(35)42)48-43-15-7-5-13-38(43)40-20-17-29(25-45(40)48)30-18-21-41-39-14-6-8-16-44(39)49(46(41)26-30)32-23-24-47-28-32/h1-7,9-15,17-23,25-26,31,34,36-38,40,42-43,45,47H,8,16,24,27-28H2. The van der Waals surface area contributed by atoms with Gasteiger partial charge in [0, 0.05) is 77.2 Å². The monoisotopic (exact) mass is 637 g/mol. The Kier molecular flexibility index (Phi) is 6.40. The van der Waals surface area contributed by atoms with Crippen LogP contribution in [0, 0.1) is 23.7 Å². The van der Waals surface area contributed by atoms with Gasteiger partial charge in [0.05, 0.1) is 5.52 Å². The number of benzene rings is 2. The van der Waals surface area contributed by atoms with Crippen LogP contribution in [0.2, 0.25) is 0 Å². The molecule has 1 N–H and O–H groups in total. The highest BCUT2D eigenvalue weighted by Gasteiger charge is 2.51. The molecule has 49 heavy (non-hydrogen) atoms. The molecule has 3 aromatic rings. The molecule has 2 aromatic carbocycles. The molecule has 9 atom stereocenters. The lowest BCUT2D eigenvalue weighted by Crippen LogP contribution is -2.48. The van der Waals surface area contributed by atoms with E-state index in [0.29, 0.717) is 53.6 Å². The van der Waals surface area contributed by atoms with E-state index in [-0.39, 0.29) is 0 Å². The summed E-state index contributed by atoms with van der Waals surface area (Å²) in [6, 6.07) is 17.7. The number of hydrogen-bond acceptors (Lipinski definition) is 2. The lowest BCUT2D eigenvalue weighted by molar-refractivity contribution is 0.139. The minimum atomic E-state index is 0.363. The lowest BCUT2D eigenvalue weighted by atomic mass is 9.59. The molecule has 3 heterocycles. The third-order valence-electron chi connectivity index (χ3n) is 13.2. The Morgan fingerprint density at radius 2 is 1.57 bits per heavy atom. The lowest BCUT2D eigenvalue weighted by Gasteiger charge is -2.48. The molecule has 0 saturated carbocycles. The van der Waals surface area contributed by atoms with E-state index < -0.39 is 0 Å². The van der Waals surface area contributed by atoms with Crippen molar-refractivity contribution >= 4 is 28.2 Å². The van der Waals surface area contributed by atoms with Crippen molar-refractivity contribution in [2.75, 3.05) is 13.1 Å². The molecule has 1 saturated heterocycles. The second kappa shape index (κ2) is 11.0. The summed E-state index contributed by atoms with van der Waals surface area (Å²) in [7, 11) is 0. The van der Waals surface area contributed by atoms with Gasteiger partial charge in [0.2, 0.25) is 0 Å². The summed E-state index contributed by atoms with van der Waals surface area (Å²) in [5.74, 6) is 3.13. The zero-order valence-corrected chi connectivity index (χ0v) is 27.9. The van der Waals surface area contributed by atoms with E-state index in [4.69, 9.17) is 0 Å². The Balaban J connectivity index is 0.988. The third-order valence-corrected chi connectivity index (χ3v) is 13.2. The first-order valence-electron chi connectivity index (χ1n) is 18.7. The Hall–Kier alpha value is -4.44. The fraction of sp³-hybridized carbons (Fsp3) is 0.304. The number of allylic oxidation sites excluding steroid dienone is 10. The van der Waals surface area contributed by atoms with Gasteiger partial charge in [-0.2, -0.15) is 0 Å². The SMILES string of the molecule is C1=CC2c3ccccc3C3C=CC(N4C5C=CC=CC5C5C=CC(c6ccc7c8c(n(C9=CCNC9)c7c6)CCC=C8)=CC54)CC3C2C=C1. The van der Waals surface area contributed by atoms with Crippen molar-refractivity contribution in [2.45, 2.75) is 49.2 Å². The van der Waals surface area contributed by atoms with Crippen molar-refractivity contribution in [2.24, 2.45) is 23.7 Å². The average Bonchev–Trinajstić information content (AvgIpc) is 3.89. The molecule has 1 fully saturated rings. The Morgan fingerprint density at radius 1 is 0.735 bits per heavy atom. The van der Waals surface area contributed by atoms with Gasteiger partial charge in [-0.15, -0.1) is 0 Å². The van der Waals surface area contributed by atoms with Gasteiger partial charge in [0.25, 0.3) is 0 Å². The molecule has 3 heteroatoms. The Morgan fingerprint density at radius 3 is 2.47 bits per heavy atom. The van der Waals surface area contributed by atoms with Crippen molar-refractivity contribution in [1.82, 2.24) is 14.8 Å². The molecule has 9 unspecified atom stereocenters. The smallest absolute Gasteiger partial charge is 0.0541 e. The highest BCUT2D eigenvalue weighted by atomic mass is 15.2. The second-order valence-corrected chi connectivity index (χ2v) is 15.4. The number of aromatic nitrogens is 1. The van der Waals surface area contributed by atoms with Crippen LogP contribution in [0.25, 0.3) is 28.2 Å². The third kappa shape index (κ3) is 4.22. The van der Waals surface area contributed by atoms with E-state index in [1.165, 1.54) is 51.0 Å². The highest BCUT2D eigenvalue weighted by Crippen LogP contribution is 2.54. The molecule has 1 aromatic heterocycles. The summed E-state index contributed by atoms with van der Waals surface area (Å²) in [6.45, 7) is 1.89. The molecule has 11 rings (SSSR count). The van der Waals surface area contributed by atoms with Crippen molar-refractivity contribution in [3.05, 3.63) is 162 Å². The fourth-order valence-corrected chi connectivity index (χ4v) is 11.1. The maximum Gasteiger partial charge on any atom is 0.0541 e. The van der Waals surface area contributed by atoms with Crippen molar-refractivity contribution in [3.63, 3.8) is 0 Å². The van der Waals surface area contributed by atoms with E-state index in [1.807, 2.05) is 0 Å². The van der Waals surface area contributed by atoms with Crippen LogP contribution in [0.3, 0.4) is 0 Å². The minimum absolute atomic E-state index is 0.363. The van der Waals surface area contributed by atoms with Crippen LogP contribution in [0.5, 0.6) is 0 Å². The first-order valence-corrected chi connectivity index (χ1v) is 18.7. The second-order valence-electron chi connectivity index (χ2n) is 15.4. The van der Waals surface area contributed by atoms with Crippen LogP contribution in [0.15, 0.2) is 134 Å². The van der Waals surface area contributed by atoms with E-state index in [2.05, 4.69) is 154 Å². The van der Waals surface area contributed by atoms with E-state index in [1.54, 1.807) is 5.56 Å². The van der Waals surface area contributed by atoms with E-state index >= 15 is 0 Å². The maximum atomic E-state index is 3.55. The maximum absolute atomic E-state index is 3.55. The van der Waals surface area contributed by atoms with Crippen LogP contribution in [-0.2, 0) is 6.42 Å². The van der Waals surface area contributed by atoms with Crippen LogP contribution < -0.4 is 5.32 Å². The van der Waals surface area contributed by atoms with Gasteiger partial charge in [-0.05, 0) is 65.5 Å². The Bertz CT molecular complexity index is 2160. The van der Waals surface area contributed by atoms with Crippen LogP contribution in [-0.4, -0.2) is 40.7 Å². The topological polar surface area (TPSA) is 20.2 Å². The van der Waals surface area contributed by atoms with Crippen LogP contribution >= 0.6 is 0 Å². The van der Waals surface area contributed by atoms with Gasteiger partial charge in [0.15, 0.2) is 0 Å². The highest BCUT2D eigenvalue weighted by molar-refractivity contribution is 5.97. The summed E-state index contributed by atoms with van der Waals surface area (Å²) >= 11 is 0. The predicted octanol–water partition coefficient (Wildman–Crippen LogP) is 8.98. The molecule has 0 radical (unpaired) electrons. The molecular weight excluding hydrogens is 595 g/mol. The van der Waals surface area contributed by atoms with Crippen molar-refractivity contribution < 1.29 is 0 Å². The van der Waals surface area contributed by atoms with Gasteiger partial charge in [-0.3, -0.25) is 4.90 Å². The number of fused-ring (bicyclic) bond motifs is 12. The molecular formula is C46H43N3. The van der Waals surface area contributed by atoms with Gasteiger partial charge < -0.3 is 9.88 Å². The zero-order valence-electron chi connectivity index (χ0n) is 27.9. The first kappa shape index (κ1) is 28.4. The minimum Gasteiger partial charge on any atom is -0.316 e. The van der Waals surface area contributed by atoms with Crippen LogP contribution in [0.4, 0.5) is 0 Å². The van der Waals surface area contributed by atoms with Gasteiger partial charge in [0.1, 0.15) is 0 Å². The zero-order chi connectivity index (χ0) is 32.1. The van der Waals surface area contributed by atoms with Gasteiger partial charge >= 0.3 is 0 Å². The van der Waals surface area contributed by atoms with E-state index in [9.17, 15) is 0 Å². The average molecular weight is 638 g/mol. The largest absolute Gasteiger partial charge is 0.316 e. The summed E-state index contributed by atoms with van der Waals surface area (Å²) in [4.78, 5) is 2.91. The Labute approximate surface area is 289 Å². The molecule has 0 bridgehead atoms. The molecule has 2 aliphatic heterocycles. The number of likely N-dealkylation sites (tertiary alicyclic amines) is 1. The van der Waals surface area contributed by atoms with Crippen LogP contribution in [0.1, 0.15) is 52.6 Å².